The van der Waals surface area contributed by atoms with Gasteiger partial charge in [0, 0.05) is 0 Å². The third kappa shape index (κ3) is 2.86. The quantitative estimate of drug-likeness (QED) is 0.639. The Hall–Kier alpha value is -1.90. The minimum atomic E-state index is -0.417. The molecule has 0 radical (unpaired) electrons. The predicted molar refractivity (Wildman–Crippen MR) is 44.0 cm³/mol. The van der Waals surface area contributed by atoms with Crippen LogP contribution < -0.4 is 0 Å². The van der Waals surface area contributed by atoms with Crippen LogP contribution in [0.15, 0.2) is 4.42 Å². The fourth-order valence-electron chi connectivity index (χ4n) is 0.834. The number of hydrogen-bond donors (Lipinski definition) is 0. The maximum Gasteiger partial charge on any atom is 0.315 e. The summed E-state index contributed by atoms with van der Waals surface area (Å²) in [5, 5.41) is 15.5. The molecule has 14 heavy (non-hydrogen) atoms. The molecule has 1 rings (SSSR count). The molecule has 0 N–H and O–H groups in total. The van der Waals surface area contributed by atoms with Crippen LogP contribution in [-0.2, 0) is 22.4 Å². The first-order chi connectivity index (χ1) is 6.76. The van der Waals surface area contributed by atoms with E-state index in [4.69, 9.17) is 9.68 Å². The minimum Gasteiger partial charge on any atom is -0.466 e. The second kappa shape index (κ2) is 4.97. The van der Waals surface area contributed by atoms with Gasteiger partial charge in [0.2, 0.25) is 11.8 Å². The van der Waals surface area contributed by atoms with Gasteiger partial charge >= 0.3 is 5.97 Å². The first-order valence-corrected chi connectivity index (χ1v) is 4.10. The van der Waals surface area contributed by atoms with E-state index in [0.717, 1.165) is 0 Å². The number of hydrogen-bond acceptors (Lipinski definition) is 6. The molecule has 0 saturated heterocycles. The van der Waals surface area contributed by atoms with E-state index < -0.39 is 5.97 Å². The van der Waals surface area contributed by atoms with Crippen molar-refractivity contribution in [3.8, 4) is 6.07 Å². The molecule has 0 amide bonds. The Kier molecular flexibility index (Phi) is 3.61. The topological polar surface area (TPSA) is 89.0 Å². The van der Waals surface area contributed by atoms with Crippen molar-refractivity contribution in [3.05, 3.63) is 11.8 Å². The zero-order valence-electron chi connectivity index (χ0n) is 7.69. The molecular formula is C8H9N3O3. The van der Waals surface area contributed by atoms with Gasteiger partial charge in [0.25, 0.3) is 0 Å². The highest BCUT2D eigenvalue weighted by Gasteiger charge is 2.10. The van der Waals surface area contributed by atoms with Crippen molar-refractivity contribution in [2.24, 2.45) is 0 Å². The van der Waals surface area contributed by atoms with Crippen molar-refractivity contribution in [1.29, 1.82) is 5.26 Å². The first kappa shape index (κ1) is 10.2. The van der Waals surface area contributed by atoms with Crippen LogP contribution in [0.2, 0.25) is 0 Å². The lowest BCUT2D eigenvalue weighted by atomic mass is 10.4. The van der Waals surface area contributed by atoms with Crippen molar-refractivity contribution in [3.63, 3.8) is 0 Å². The summed E-state index contributed by atoms with van der Waals surface area (Å²) in [7, 11) is 0. The van der Waals surface area contributed by atoms with Crippen LogP contribution in [0.25, 0.3) is 0 Å². The highest BCUT2D eigenvalue weighted by molar-refractivity contribution is 5.71. The van der Waals surface area contributed by atoms with Crippen molar-refractivity contribution < 1.29 is 13.9 Å². The highest BCUT2D eigenvalue weighted by Crippen LogP contribution is 2.01. The van der Waals surface area contributed by atoms with E-state index in [1.54, 1.807) is 6.92 Å². The number of rotatable bonds is 4. The molecule has 6 nitrogen and oxygen atoms in total. The molecule has 0 aliphatic heterocycles. The Bertz CT molecular complexity index is 353. The third-order valence-electron chi connectivity index (χ3n) is 1.34. The molecule has 0 bridgehead atoms. The normalized spacial score (nSPS) is 9.43. The van der Waals surface area contributed by atoms with Crippen LogP contribution in [0.5, 0.6) is 0 Å². The van der Waals surface area contributed by atoms with E-state index in [0.29, 0.717) is 6.61 Å². The second-order valence-corrected chi connectivity index (χ2v) is 2.41. The molecule has 74 valence electrons. The average Bonchev–Trinajstić information content (AvgIpc) is 2.53. The van der Waals surface area contributed by atoms with Gasteiger partial charge in [-0.2, -0.15) is 5.26 Å². The van der Waals surface area contributed by atoms with Crippen LogP contribution in [0.1, 0.15) is 18.7 Å². The molecule has 1 heterocycles. The van der Waals surface area contributed by atoms with Gasteiger partial charge in [0.05, 0.1) is 12.7 Å². The summed E-state index contributed by atoms with van der Waals surface area (Å²) in [6.07, 6.45) is 0.00208. The number of aromatic nitrogens is 2. The van der Waals surface area contributed by atoms with Gasteiger partial charge in [-0.3, -0.25) is 4.79 Å². The second-order valence-electron chi connectivity index (χ2n) is 2.41. The van der Waals surface area contributed by atoms with Gasteiger partial charge in [-0.05, 0) is 6.92 Å². The maximum atomic E-state index is 11.0. The monoisotopic (exact) mass is 195 g/mol. The average molecular weight is 195 g/mol. The summed E-state index contributed by atoms with van der Waals surface area (Å²) in [5.41, 5.74) is 0. The Morgan fingerprint density at radius 2 is 2.29 bits per heavy atom. The zero-order valence-corrected chi connectivity index (χ0v) is 7.69. The molecule has 1 aromatic rings. The first-order valence-electron chi connectivity index (χ1n) is 4.10. The summed E-state index contributed by atoms with van der Waals surface area (Å²) in [5.74, 6) is -0.0276. The Balaban J connectivity index is 2.51. The summed E-state index contributed by atoms with van der Waals surface area (Å²) in [6.45, 7) is 2.03. The lowest BCUT2D eigenvalue weighted by molar-refractivity contribution is -0.142. The summed E-state index contributed by atoms with van der Waals surface area (Å²) < 4.78 is 9.68. The largest absolute Gasteiger partial charge is 0.466 e. The molecule has 0 saturated carbocycles. The number of carbonyl (C=O) groups is 1. The molecular weight excluding hydrogens is 186 g/mol. The SMILES string of the molecule is CCOC(=O)Cc1nnc(CC#N)o1. The maximum absolute atomic E-state index is 11.0. The molecule has 0 fully saturated rings. The summed E-state index contributed by atoms with van der Waals surface area (Å²) in [6, 6.07) is 1.86. The van der Waals surface area contributed by atoms with E-state index in [-0.39, 0.29) is 24.6 Å². The van der Waals surface area contributed by atoms with E-state index in [9.17, 15) is 4.79 Å². The number of esters is 1. The van der Waals surface area contributed by atoms with Gasteiger partial charge in [0.1, 0.15) is 12.8 Å². The number of ether oxygens (including phenoxy) is 1. The van der Waals surface area contributed by atoms with Gasteiger partial charge in [-0.25, -0.2) is 0 Å². The fourth-order valence-corrected chi connectivity index (χ4v) is 0.834. The predicted octanol–water partition coefficient (Wildman–Crippen LogP) is 0.241. The van der Waals surface area contributed by atoms with Crippen molar-refractivity contribution in [1.82, 2.24) is 10.2 Å². The van der Waals surface area contributed by atoms with Crippen molar-refractivity contribution >= 4 is 5.97 Å². The smallest absolute Gasteiger partial charge is 0.315 e. The standard InChI is InChI=1S/C8H9N3O3/c1-2-13-8(12)5-7-11-10-6(14-7)3-4-9/h2-3,5H2,1H3. The summed E-state index contributed by atoms with van der Waals surface area (Å²) >= 11 is 0. The van der Waals surface area contributed by atoms with Crippen LogP contribution in [0.3, 0.4) is 0 Å². The molecule has 0 aromatic carbocycles. The molecule has 1 aromatic heterocycles. The Morgan fingerprint density at radius 1 is 1.57 bits per heavy atom. The number of nitriles is 1. The molecule has 0 spiro atoms. The Morgan fingerprint density at radius 3 is 2.93 bits per heavy atom. The molecule has 0 atom stereocenters. The van der Waals surface area contributed by atoms with E-state index in [2.05, 4.69) is 14.9 Å². The highest BCUT2D eigenvalue weighted by atomic mass is 16.5. The Labute approximate surface area is 80.5 Å². The van der Waals surface area contributed by atoms with Crippen LogP contribution in [-0.4, -0.2) is 22.8 Å². The fraction of sp³-hybridized carbons (Fsp3) is 0.500. The van der Waals surface area contributed by atoms with Gasteiger partial charge in [-0.15, -0.1) is 10.2 Å². The lowest BCUT2D eigenvalue weighted by Crippen LogP contribution is -2.07. The number of nitrogens with zero attached hydrogens (tertiary/aromatic N) is 3. The minimum absolute atomic E-state index is 0.0493. The molecule has 0 aliphatic carbocycles. The van der Waals surface area contributed by atoms with Crippen LogP contribution in [0, 0.1) is 11.3 Å². The molecule has 6 heteroatoms. The van der Waals surface area contributed by atoms with Crippen LogP contribution >= 0.6 is 0 Å². The lowest BCUT2D eigenvalue weighted by Gasteiger charge is -1.96. The van der Waals surface area contributed by atoms with E-state index >= 15 is 0 Å². The molecule has 0 aliphatic rings. The van der Waals surface area contributed by atoms with E-state index in [1.165, 1.54) is 0 Å². The van der Waals surface area contributed by atoms with Gasteiger partial charge in [-0.1, -0.05) is 0 Å². The van der Waals surface area contributed by atoms with Crippen LogP contribution in [0.4, 0.5) is 0 Å². The van der Waals surface area contributed by atoms with Crippen molar-refractivity contribution in [2.75, 3.05) is 6.61 Å². The number of carbonyl (C=O) groups excluding carboxylic acids is 1. The van der Waals surface area contributed by atoms with E-state index in [1.807, 2.05) is 6.07 Å². The van der Waals surface area contributed by atoms with Crippen molar-refractivity contribution in [2.45, 2.75) is 19.8 Å². The van der Waals surface area contributed by atoms with Gasteiger partial charge < -0.3 is 9.15 Å². The third-order valence-corrected chi connectivity index (χ3v) is 1.34. The molecule has 0 unspecified atom stereocenters. The van der Waals surface area contributed by atoms with Gasteiger partial charge in [0.15, 0.2) is 0 Å². The summed E-state index contributed by atoms with van der Waals surface area (Å²) in [4.78, 5) is 11.0. The zero-order chi connectivity index (χ0) is 10.4.